The third-order valence-corrected chi connectivity index (χ3v) is 2.93. The summed E-state index contributed by atoms with van der Waals surface area (Å²) in [7, 11) is 3.99. The van der Waals surface area contributed by atoms with E-state index in [-0.39, 0.29) is 42.2 Å². The van der Waals surface area contributed by atoms with Gasteiger partial charge in [0.15, 0.2) is 0 Å². The lowest BCUT2D eigenvalue weighted by atomic mass is 10.0. The van der Waals surface area contributed by atoms with E-state index in [1.807, 2.05) is 27.9 Å². The standard InChI is InChI=1S/C11H25N3O.2ClH/c1-8(2)9(12)10(15)13-7-11(3,4)14(5)6;;/h8-9H,7,12H2,1-6H3,(H,13,15);2*1H/t9-;;/m0../s1. The molecule has 0 spiro atoms. The van der Waals surface area contributed by atoms with Gasteiger partial charge in [0.25, 0.3) is 0 Å². The Labute approximate surface area is 118 Å². The van der Waals surface area contributed by atoms with E-state index < -0.39 is 6.04 Å². The molecule has 0 aliphatic carbocycles. The Hall–Kier alpha value is -0.0300. The molecule has 0 saturated heterocycles. The fourth-order valence-electron chi connectivity index (χ4n) is 0.882. The van der Waals surface area contributed by atoms with Crippen LogP contribution in [0.15, 0.2) is 0 Å². The third-order valence-electron chi connectivity index (χ3n) is 2.93. The minimum absolute atomic E-state index is 0. The van der Waals surface area contributed by atoms with E-state index in [2.05, 4.69) is 24.1 Å². The largest absolute Gasteiger partial charge is 0.353 e. The number of carbonyl (C=O) groups is 1. The van der Waals surface area contributed by atoms with Crippen LogP contribution < -0.4 is 11.1 Å². The van der Waals surface area contributed by atoms with Crippen molar-refractivity contribution >= 4 is 30.7 Å². The number of hydrogen-bond donors (Lipinski definition) is 2. The van der Waals surface area contributed by atoms with Crippen molar-refractivity contribution in [2.75, 3.05) is 20.6 Å². The van der Waals surface area contributed by atoms with Crippen LogP contribution in [0.5, 0.6) is 0 Å². The highest BCUT2D eigenvalue weighted by atomic mass is 35.5. The molecule has 0 radical (unpaired) electrons. The summed E-state index contributed by atoms with van der Waals surface area (Å²) in [4.78, 5) is 13.7. The molecule has 17 heavy (non-hydrogen) atoms. The number of nitrogens with zero attached hydrogens (tertiary/aromatic N) is 1. The molecule has 0 rings (SSSR count). The van der Waals surface area contributed by atoms with Crippen LogP contribution in [0.3, 0.4) is 0 Å². The van der Waals surface area contributed by atoms with Crippen LogP contribution in [-0.2, 0) is 4.79 Å². The fourth-order valence-corrected chi connectivity index (χ4v) is 0.882. The molecule has 0 heterocycles. The summed E-state index contributed by atoms with van der Waals surface area (Å²) in [5.74, 6) is 0.104. The zero-order chi connectivity index (χ0) is 12.2. The van der Waals surface area contributed by atoms with Gasteiger partial charge in [0.2, 0.25) is 5.91 Å². The molecule has 1 amide bonds. The highest BCUT2D eigenvalue weighted by molar-refractivity contribution is 5.85. The van der Waals surface area contributed by atoms with E-state index in [4.69, 9.17) is 5.73 Å². The molecule has 0 aromatic carbocycles. The second-order valence-electron chi connectivity index (χ2n) is 5.19. The predicted molar refractivity (Wildman–Crippen MR) is 78.1 cm³/mol. The van der Waals surface area contributed by atoms with Gasteiger partial charge < -0.3 is 16.0 Å². The lowest BCUT2D eigenvalue weighted by molar-refractivity contribution is -0.123. The fraction of sp³-hybridized carbons (Fsp3) is 0.909. The molecule has 3 N–H and O–H groups in total. The van der Waals surface area contributed by atoms with E-state index in [9.17, 15) is 4.79 Å². The molecule has 0 bridgehead atoms. The van der Waals surface area contributed by atoms with Crippen molar-refractivity contribution < 1.29 is 4.79 Å². The maximum Gasteiger partial charge on any atom is 0.237 e. The molecule has 6 heteroatoms. The number of rotatable bonds is 5. The lowest BCUT2D eigenvalue weighted by Crippen LogP contribution is -2.52. The molecule has 0 saturated carbocycles. The molecule has 4 nitrogen and oxygen atoms in total. The maximum atomic E-state index is 11.6. The van der Waals surface area contributed by atoms with Crippen molar-refractivity contribution in [2.24, 2.45) is 11.7 Å². The normalized spacial score (nSPS) is 12.8. The molecule has 1 atom stereocenters. The first kappa shape index (κ1) is 22.2. The van der Waals surface area contributed by atoms with Gasteiger partial charge in [0.05, 0.1) is 6.04 Å². The van der Waals surface area contributed by atoms with Crippen LogP contribution in [0, 0.1) is 5.92 Å². The van der Waals surface area contributed by atoms with E-state index in [0.29, 0.717) is 6.54 Å². The van der Waals surface area contributed by atoms with E-state index in [1.54, 1.807) is 0 Å². The van der Waals surface area contributed by atoms with Crippen molar-refractivity contribution in [2.45, 2.75) is 39.3 Å². The Bertz CT molecular complexity index is 221. The molecule has 0 unspecified atom stereocenters. The summed E-state index contributed by atoms with van der Waals surface area (Å²) < 4.78 is 0. The quantitative estimate of drug-likeness (QED) is 0.801. The molecule has 106 valence electrons. The molecule has 0 aromatic rings. The van der Waals surface area contributed by atoms with Gasteiger partial charge in [-0.15, -0.1) is 24.8 Å². The topological polar surface area (TPSA) is 58.4 Å². The average molecular weight is 288 g/mol. The summed E-state index contributed by atoms with van der Waals surface area (Å²) in [5.41, 5.74) is 5.69. The van der Waals surface area contributed by atoms with Crippen molar-refractivity contribution in [1.82, 2.24) is 10.2 Å². The molecular weight excluding hydrogens is 261 g/mol. The van der Waals surface area contributed by atoms with Gasteiger partial charge in [-0.05, 0) is 33.9 Å². The zero-order valence-electron chi connectivity index (χ0n) is 11.6. The second kappa shape index (κ2) is 8.97. The predicted octanol–water partition coefficient (Wildman–Crippen LogP) is 1.27. The van der Waals surface area contributed by atoms with Crippen molar-refractivity contribution in [1.29, 1.82) is 0 Å². The van der Waals surface area contributed by atoms with E-state index >= 15 is 0 Å². The number of amides is 1. The van der Waals surface area contributed by atoms with Gasteiger partial charge in [-0.2, -0.15) is 0 Å². The maximum absolute atomic E-state index is 11.6. The number of likely N-dealkylation sites (N-methyl/N-ethyl adjacent to an activating group) is 1. The molecule has 0 aromatic heterocycles. The molecule has 0 aliphatic rings. The Morgan fingerprint density at radius 3 is 2.00 bits per heavy atom. The first-order valence-corrected chi connectivity index (χ1v) is 5.39. The smallest absolute Gasteiger partial charge is 0.237 e. The first-order valence-electron chi connectivity index (χ1n) is 5.39. The van der Waals surface area contributed by atoms with Crippen LogP contribution in [-0.4, -0.2) is 43.0 Å². The summed E-state index contributed by atoms with van der Waals surface area (Å²) >= 11 is 0. The summed E-state index contributed by atoms with van der Waals surface area (Å²) in [6.07, 6.45) is 0. The molecule has 0 aliphatic heterocycles. The van der Waals surface area contributed by atoms with Gasteiger partial charge in [-0.3, -0.25) is 4.79 Å². The zero-order valence-corrected chi connectivity index (χ0v) is 13.2. The van der Waals surface area contributed by atoms with E-state index in [1.165, 1.54) is 0 Å². The second-order valence-corrected chi connectivity index (χ2v) is 5.19. The van der Waals surface area contributed by atoms with Crippen LogP contribution in [0.1, 0.15) is 27.7 Å². The van der Waals surface area contributed by atoms with Gasteiger partial charge in [0.1, 0.15) is 0 Å². The average Bonchev–Trinajstić information content (AvgIpc) is 2.12. The summed E-state index contributed by atoms with van der Waals surface area (Å²) in [6.45, 7) is 8.66. The van der Waals surface area contributed by atoms with Crippen molar-refractivity contribution in [3.8, 4) is 0 Å². The monoisotopic (exact) mass is 287 g/mol. The molecule has 0 fully saturated rings. The van der Waals surface area contributed by atoms with Crippen molar-refractivity contribution in [3.63, 3.8) is 0 Å². The first-order chi connectivity index (χ1) is 6.68. The van der Waals surface area contributed by atoms with Gasteiger partial charge in [0, 0.05) is 12.1 Å². The Kier molecular flexibility index (Phi) is 11.7. The SMILES string of the molecule is CC(C)[C@H](N)C(=O)NCC(C)(C)N(C)C.Cl.Cl. The van der Waals surface area contributed by atoms with Crippen LogP contribution >= 0.6 is 24.8 Å². The van der Waals surface area contributed by atoms with Crippen LogP contribution in [0.2, 0.25) is 0 Å². The van der Waals surface area contributed by atoms with Crippen LogP contribution in [0.25, 0.3) is 0 Å². The van der Waals surface area contributed by atoms with Gasteiger partial charge in [-0.25, -0.2) is 0 Å². The van der Waals surface area contributed by atoms with Gasteiger partial charge >= 0.3 is 0 Å². The Balaban J connectivity index is -0.000000980. The van der Waals surface area contributed by atoms with Gasteiger partial charge in [-0.1, -0.05) is 13.8 Å². The number of nitrogens with one attached hydrogen (secondary N) is 1. The highest BCUT2D eigenvalue weighted by Gasteiger charge is 2.23. The summed E-state index contributed by atoms with van der Waals surface area (Å²) in [6, 6.07) is -0.414. The van der Waals surface area contributed by atoms with Crippen LogP contribution in [0.4, 0.5) is 0 Å². The number of nitrogens with two attached hydrogens (primary N) is 1. The Morgan fingerprint density at radius 2 is 1.71 bits per heavy atom. The number of halogens is 2. The van der Waals surface area contributed by atoms with Crippen molar-refractivity contribution in [3.05, 3.63) is 0 Å². The minimum Gasteiger partial charge on any atom is -0.353 e. The third kappa shape index (κ3) is 7.82. The Morgan fingerprint density at radius 1 is 1.29 bits per heavy atom. The highest BCUT2D eigenvalue weighted by Crippen LogP contribution is 2.08. The minimum atomic E-state index is -0.414. The number of carbonyl (C=O) groups excluding carboxylic acids is 1. The lowest BCUT2D eigenvalue weighted by Gasteiger charge is -2.33. The van der Waals surface area contributed by atoms with E-state index in [0.717, 1.165) is 0 Å². The molecular formula is C11H27Cl2N3O. The summed E-state index contributed by atoms with van der Waals surface area (Å²) in [5, 5.41) is 2.88. The number of hydrogen-bond acceptors (Lipinski definition) is 3.